The van der Waals surface area contributed by atoms with E-state index in [0.29, 0.717) is 12.1 Å². The van der Waals surface area contributed by atoms with Crippen molar-refractivity contribution in [2.75, 3.05) is 4.72 Å². The van der Waals surface area contributed by atoms with Gasteiger partial charge >= 0.3 is 5.97 Å². The molecule has 5 nitrogen and oxygen atoms in total. The summed E-state index contributed by atoms with van der Waals surface area (Å²) in [7, 11) is -3.70. The van der Waals surface area contributed by atoms with Crippen LogP contribution in [-0.4, -0.2) is 19.5 Å². The van der Waals surface area contributed by atoms with Gasteiger partial charge in [-0.1, -0.05) is 63.2 Å². The van der Waals surface area contributed by atoms with E-state index in [1.807, 2.05) is 42.5 Å². The Hall–Kier alpha value is -3.12. The Balaban J connectivity index is 1.68. The van der Waals surface area contributed by atoms with Crippen molar-refractivity contribution in [1.29, 1.82) is 0 Å². The summed E-state index contributed by atoms with van der Waals surface area (Å²) in [5.74, 6) is -0.938. The van der Waals surface area contributed by atoms with E-state index in [0.717, 1.165) is 36.0 Å². The maximum atomic E-state index is 13.0. The first-order valence-electron chi connectivity index (χ1n) is 11.2. The number of carboxylic acids is 1. The average molecular weight is 466 g/mol. The molecule has 0 aliphatic rings. The third-order valence-electron chi connectivity index (χ3n) is 6.20. The molecule has 0 saturated heterocycles. The summed E-state index contributed by atoms with van der Waals surface area (Å²) in [6, 6.07) is 21.4. The fraction of sp³-hybridized carbons (Fsp3) is 0.296. The Bertz CT molecular complexity index is 1200. The predicted octanol–water partition coefficient (Wildman–Crippen LogP) is 6.05. The molecule has 3 rings (SSSR count). The van der Waals surface area contributed by atoms with Crippen molar-refractivity contribution in [3.8, 4) is 0 Å². The van der Waals surface area contributed by atoms with Crippen molar-refractivity contribution in [1.82, 2.24) is 0 Å². The zero-order valence-corrected chi connectivity index (χ0v) is 20.2. The third-order valence-corrected chi connectivity index (χ3v) is 7.59. The number of aryl methyl sites for hydroxylation is 2. The monoisotopic (exact) mass is 465 g/mol. The minimum absolute atomic E-state index is 0.00370. The number of carbonyl (C=O) groups is 1. The van der Waals surface area contributed by atoms with Crippen LogP contribution in [0.1, 0.15) is 60.7 Å². The number of hydrogen-bond donors (Lipinski definition) is 2. The number of carboxylic acid groups (broad SMARTS) is 1. The van der Waals surface area contributed by atoms with Crippen LogP contribution in [0.4, 0.5) is 5.69 Å². The van der Waals surface area contributed by atoms with Crippen LogP contribution in [0.25, 0.3) is 0 Å². The molecule has 0 aliphatic heterocycles. The normalized spacial score (nSPS) is 11.8. The summed E-state index contributed by atoms with van der Waals surface area (Å²) < 4.78 is 28.8. The molecule has 2 N–H and O–H groups in total. The van der Waals surface area contributed by atoms with Crippen molar-refractivity contribution in [2.45, 2.75) is 56.8 Å². The Kier molecular flexibility index (Phi) is 7.59. The number of nitrogens with one attached hydrogen (secondary N) is 1. The lowest BCUT2D eigenvalue weighted by Gasteiger charge is -2.23. The summed E-state index contributed by atoms with van der Waals surface area (Å²) in [5.41, 5.74) is 3.93. The van der Waals surface area contributed by atoms with Gasteiger partial charge in [0.25, 0.3) is 10.0 Å². The summed E-state index contributed by atoms with van der Waals surface area (Å²) in [5, 5.41) is 9.01. The number of rotatable bonds is 10. The summed E-state index contributed by atoms with van der Waals surface area (Å²) in [4.78, 5) is 11.2. The van der Waals surface area contributed by atoms with E-state index in [9.17, 15) is 13.2 Å². The first-order valence-corrected chi connectivity index (χ1v) is 12.6. The minimum atomic E-state index is -3.70. The molecule has 0 heterocycles. The third kappa shape index (κ3) is 6.23. The molecule has 0 bridgehead atoms. The fourth-order valence-electron chi connectivity index (χ4n) is 3.63. The molecule has 0 aromatic heterocycles. The standard InChI is InChI=1S/C27H31NO4S/c1-4-27(2,3)23-16-18-24(19-17-23)33(31,32)28-25-11-6-5-9-21(25)10-7-8-20-12-14-22(15-13-20)26(29)30/h5-6,9,11-19,28H,4,7-8,10H2,1-3H3,(H,29,30). The second kappa shape index (κ2) is 10.2. The molecule has 0 unspecified atom stereocenters. The maximum Gasteiger partial charge on any atom is 0.335 e. The van der Waals surface area contributed by atoms with Crippen molar-refractivity contribution >= 4 is 21.7 Å². The lowest BCUT2D eigenvalue weighted by atomic mass is 9.82. The number of sulfonamides is 1. The van der Waals surface area contributed by atoms with E-state index in [2.05, 4.69) is 25.5 Å². The summed E-state index contributed by atoms with van der Waals surface area (Å²) in [6.07, 6.45) is 3.25. The molecule has 0 saturated carbocycles. The van der Waals surface area contributed by atoms with E-state index < -0.39 is 16.0 Å². The molecule has 0 radical (unpaired) electrons. The second-order valence-corrected chi connectivity index (χ2v) is 10.6. The maximum absolute atomic E-state index is 13.0. The number of para-hydroxylation sites is 1. The lowest BCUT2D eigenvalue weighted by molar-refractivity contribution is 0.0697. The number of anilines is 1. The molecule has 0 fully saturated rings. The molecule has 6 heteroatoms. The van der Waals surface area contributed by atoms with Gasteiger partial charge in [0.05, 0.1) is 16.1 Å². The molecular formula is C27H31NO4S. The molecule has 0 amide bonds. The highest BCUT2D eigenvalue weighted by Gasteiger charge is 2.20. The van der Waals surface area contributed by atoms with Gasteiger partial charge < -0.3 is 5.11 Å². The zero-order valence-electron chi connectivity index (χ0n) is 19.3. The molecule has 3 aromatic rings. The quantitative estimate of drug-likeness (QED) is 0.382. The summed E-state index contributed by atoms with van der Waals surface area (Å²) in [6.45, 7) is 6.41. The van der Waals surface area contributed by atoms with Gasteiger partial charge in [-0.25, -0.2) is 13.2 Å². The van der Waals surface area contributed by atoms with Gasteiger partial charge in [-0.15, -0.1) is 0 Å². The highest BCUT2D eigenvalue weighted by molar-refractivity contribution is 7.92. The van der Waals surface area contributed by atoms with Crippen LogP contribution in [0, 0.1) is 0 Å². The van der Waals surface area contributed by atoms with Gasteiger partial charge in [-0.05, 0) is 78.1 Å². The molecule has 174 valence electrons. The van der Waals surface area contributed by atoms with E-state index in [4.69, 9.17) is 5.11 Å². The first kappa shape index (κ1) is 24.5. The Morgan fingerprint density at radius 3 is 2.15 bits per heavy atom. The number of benzene rings is 3. The topological polar surface area (TPSA) is 83.5 Å². The molecular weight excluding hydrogens is 434 g/mol. The van der Waals surface area contributed by atoms with Crippen LogP contribution in [0.15, 0.2) is 77.7 Å². The molecule has 33 heavy (non-hydrogen) atoms. The van der Waals surface area contributed by atoms with Crippen LogP contribution >= 0.6 is 0 Å². The zero-order chi connectivity index (χ0) is 24.1. The van der Waals surface area contributed by atoms with Gasteiger partial charge in [-0.2, -0.15) is 0 Å². The van der Waals surface area contributed by atoms with Gasteiger partial charge in [0.1, 0.15) is 0 Å². The van der Waals surface area contributed by atoms with Crippen molar-refractivity contribution < 1.29 is 18.3 Å². The van der Waals surface area contributed by atoms with Gasteiger partial charge in [0, 0.05) is 0 Å². The second-order valence-electron chi connectivity index (χ2n) is 8.88. The van der Waals surface area contributed by atoms with Crippen molar-refractivity contribution in [3.63, 3.8) is 0 Å². The van der Waals surface area contributed by atoms with Gasteiger partial charge in [0.15, 0.2) is 0 Å². The Labute approximate surface area is 196 Å². The van der Waals surface area contributed by atoms with Crippen LogP contribution in [-0.2, 0) is 28.3 Å². The van der Waals surface area contributed by atoms with E-state index >= 15 is 0 Å². The van der Waals surface area contributed by atoms with Crippen molar-refractivity contribution in [3.05, 3.63) is 95.1 Å². The van der Waals surface area contributed by atoms with Crippen LogP contribution < -0.4 is 4.72 Å². The van der Waals surface area contributed by atoms with E-state index in [1.165, 1.54) is 0 Å². The summed E-state index contributed by atoms with van der Waals surface area (Å²) >= 11 is 0. The average Bonchev–Trinajstić information content (AvgIpc) is 2.80. The Morgan fingerprint density at radius 1 is 0.909 bits per heavy atom. The fourth-order valence-corrected chi connectivity index (χ4v) is 4.73. The molecule has 0 atom stereocenters. The highest BCUT2D eigenvalue weighted by Crippen LogP contribution is 2.28. The van der Waals surface area contributed by atoms with Crippen LogP contribution in [0.5, 0.6) is 0 Å². The number of hydrogen-bond acceptors (Lipinski definition) is 3. The van der Waals surface area contributed by atoms with E-state index in [1.54, 1.807) is 30.3 Å². The van der Waals surface area contributed by atoms with Crippen LogP contribution in [0.3, 0.4) is 0 Å². The SMILES string of the molecule is CCC(C)(C)c1ccc(S(=O)(=O)Nc2ccccc2CCCc2ccc(C(=O)O)cc2)cc1. The predicted molar refractivity (Wildman–Crippen MR) is 132 cm³/mol. The molecule has 0 spiro atoms. The Morgan fingerprint density at radius 2 is 1.55 bits per heavy atom. The minimum Gasteiger partial charge on any atom is -0.478 e. The number of aromatic carboxylic acids is 1. The lowest BCUT2D eigenvalue weighted by Crippen LogP contribution is -2.17. The van der Waals surface area contributed by atoms with Gasteiger partial charge in [0.2, 0.25) is 0 Å². The first-order chi connectivity index (χ1) is 15.6. The largest absolute Gasteiger partial charge is 0.478 e. The highest BCUT2D eigenvalue weighted by atomic mass is 32.2. The van der Waals surface area contributed by atoms with Gasteiger partial charge in [-0.3, -0.25) is 4.72 Å². The molecule has 3 aromatic carbocycles. The smallest absolute Gasteiger partial charge is 0.335 e. The molecule has 0 aliphatic carbocycles. The van der Waals surface area contributed by atoms with Crippen LogP contribution in [0.2, 0.25) is 0 Å². The van der Waals surface area contributed by atoms with E-state index in [-0.39, 0.29) is 15.9 Å². The van der Waals surface area contributed by atoms with Crippen molar-refractivity contribution in [2.24, 2.45) is 0 Å².